The quantitative estimate of drug-likeness (QED) is 0.874. The summed E-state index contributed by atoms with van der Waals surface area (Å²) in [4.78, 5) is 4.19. The molecule has 2 aromatic heterocycles. The molecule has 0 amide bonds. The van der Waals surface area contributed by atoms with Crippen molar-refractivity contribution >= 4 is 23.7 Å². The van der Waals surface area contributed by atoms with Crippen LogP contribution < -0.4 is 5.73 Å². The molecule has 0 aliphatic carbocycles. The minimum Gasteiger partial charge on any atom is -0.339 e. The van der Waals surface area contributed by atoms with Crippen LogP contribution in [0.15, 0.2) is 21.3 Å². The smallest absolute Gasteiger partial charge is 0.228 e. The van der Waals surface area contributed by atoms with Crippen molar-refractivity contribution in [2.24, 2.45) is 5.73 Å². The zero-order valence-corrected chi connectivity index (χ0v) is 8.98. The Morgan fingerprint density at radius 1 is 1.50 bits per heavy atom. The molecule has 0 aliphatic rings. The summed E-state index contributed by atoms with van der Waals surface area (Å²) >= 11 is 1.61. The maximum atomic E-state index is 5.36. The Hall–Kier alpha value is -0.910. The molecule has 14 heavy (non-hydrogen) atoms. The number of rotatable bonds is 3. The molecule has 6 heteroatoms. The molecule has 0 unspecified atom stereocenters. The van der Waals surface area contributed by atoms with Crippen molar-refractivity contribution in [1.82, 2.24) is 10.1 Å². The van der Waals surface area contributed by atoms with Crippen LogP contribution in [-0.2, 0) is 6.42 Å². The van der Waals surface area contributed by atoms with Crippen molar-refractivity contribution in [3.63, 3.8) is 0 Å². The highest BCUT2D eigenvalue weighted by molar-refractivity contribution is 7.08. The fourth-order valence-corrected chi connectivity index (χ4v) is 1.62. The number of thiophene rings is 1. The number of hydrogen-bond donors (Lipinski definition) is 1. The second-order valence-electron chi connectivity index (χ2n) is 2.56. The Balaban J connectivity index is 0.000000980. The van der Waals surface area contributed by atoms with Gasteiger partial charge in [-0.2, -0.15) is 16.3 Å². The van der Waals surface area contributed by atoms with E-state index in [1.807, 2.05) is 16.8 Å². The highest BCUT2D eigenvalue weighted by atomic mass is 35.5. The molecular formula is C8H10ClN3OS. The van der Waals surface area contributed by atoms with Gasteiger partial charge in [-0.05, 0) is 11.4 Å². The van der Waals surface area contributed by atoms with Crippen LogP contribution >= 0.6 is 23.7 Å². The van der Waals surface area contributed by atoms with Gasteiger partial charge < -0.3 is 10.3 Å². The number of nitrogens with two attached hydrogens (primary N) is 1. The van der Waals surface area contributed by atoms with E-state index in [0.29, 0.717) is 24.7 Å². The minimum absolute atomic E-state index is 0. The van der Waals surface area contributed by atoms with Crippen LogP contribution in [0.25, 0.3) is 11.4 Å². The Bertz CT molecular complexity index is 374. The van der Waals surface area contributed by atoms with Crippen molar-refractivity contribution in [3.05, 3.63) is 22.7 Å². The maximum Gasteiger partial charge on any atom is 0.228 e. The van der Waals surface area contributed by atoms with Gasteiger partial charge in [0.2, 0.25) is 11.7 Å². The Morgan fingerprint density at radius 3 is 3.00 bits per heavy atom. The third kappa shape index (κ3) is 2.31. The standard InChI is InChI=1S/C8H9N3OS.ClH/c9-3-1-7-10-8(11-12-7)6-2-4-13-5-6;/h2,4-5H,1,3,9H2;1H. The minimum atomic E-state index is 0. The Kier molecular flexibility index (Phi) is 4.06. The summed E-state index contributed by atoms with van der Waals surface area (Å²) in [5, 5.41) is 7.81. The summed E-state index contributed by atoms with van der Waals surface area (Å²) in [7, 11) is 0. The van der Waals surface area contributed by atoms with Gasteiger partial charge in [0, 0.05) is 23.9 Å². The second kappa shape index (κ2) is 5.09. The van der Waals surface area contributed by atoms with Crippen molar-refractivity contribution in [2.45, 2.75) is 6.42 Å². The molecular weight excluding hydrogens is 222 g/mol. The summed E-state index contributed by atoms with van der Waals surface area (Å²) in [6, 6.07) is 1.96. The topological polar surface area (TPSA) is 64.9 Å². The lowest BCUT2D eigenvalue weighted by molar-refractivity contribution is 0.380. The molecule has 0 bridgehead atoms. The van der Waals surface area contributed by atoms with E-state index in [1.165, 1.54) is 0 Å². The number of aromatic nitrogens is 2. The first-order valence-corrected chi connectivity index (χ1v) is 4.89. The van der Waals surface area contributed by atoms with Crippen molar-refractivity contribution in [3.8, 4) is 11.4 Å². The van der Waals surface area contributed by atoms with Crippen LogP contribution in [0.3, 0.4) is 0 Å². The van der Waals surface area contributed by atoms with E-state index >= 15 is 0 Å². The largest absolute Gasteiger partial charge is 0.339 e. The van der Waals surface area contributed by atoms with Gasteiger partial charge in [-0.3, -0.25) is 0 Å². The lowest BCUT2D eigenvalue weighted by Crippen LogP contribution is -2.02. The third-order valence-electron chi connectivity index (χ3n) is 1.61. The third-order valence-corrected chi connectivity index (χ3v) is 2.29. The molecule has 0 spiro atoms. The lowest BCUT2D eigenvalue weighted by Gasteiger charge is -1.84. The van der Waals surface area contributed by atoms with E-state index in [-0.39, 0.29) is 12.4 Å². The van der Waals surface area contributed by atoms with Crippen molar-refractivity contribution in [2.75, 3.05) is 6.54 Å². The molecule has 0 saturated heterocycles. The van der Waals surface area contributed by atoms with Gasteiger partial charge in [-0.15, -0.1) is 12.4 Å². The number of hydrogen-bond acceptors (Lipinski definition) is 5. The SMILES string of the molecule is Cl.NCCc1nc(-c2ccsc2)no1. The summed E-state index contributed by atoms with van der Waals surface area (Å²) in [5.41, 5.74) is 6.36. The Labute approximate surface area is 91.5 Å². The average molecular weight is 232 g/mol. The van der Waals surface area contributed by atoms with Gasteiger partial charge in [0.1, 0.15) is 0 Å². The Morgan fingerprint density at radius 2 is 2.36 bits per heavy atom. The fraction of sp³-hybridized carbons (Fsp3) is 0.250. The summed E-state index contributed by atoms with van der Waals surface area (Å²) < 4.78 is 4.99. The molecule has 2 heterocycles. The van der Waals surface area contributed by atoms with Gasteiger partial charge in [0.15, 0.2) is 0 Å². The normalized spacial score (nSPS) is 9.79. The second-order valence-corrected chi connectivity index (χ2v) is 3.34. The molecule has 0 aromatic carbocycles. The molecule has 0 aliphatic heterocycles. The first kappa shape index (κ1) is 11.2. The van der Waals surface area contributed by atoms with Crippen LogP contribution in [0.2, 0.25) is 0 Å². The van der Waals surface area contributed by atoms with E-state index in [0.717, 1.165) is 5.56 Å². The van der Waals surface area contributed by atoms with E-state index in [2.05, 4.69) is 10.1 Å². The molecule has 76 valence electrons. The van der Waals surface area contributed by atoms with Crippen molar-refractivity contribution in [1.29, 1.82) is 0 Å². The van der Waals surface area contributed by atoms with E-state index in [4.69, 9.17) is 10.3 Å². The molecule has 2 aromatic rings. The molecule has 0 atom stereocenters. The zero-order valence-electron chi connectivity index (χ0n) is 7.34. The molecule has 0 radical (unpaired) electrons. The molecule has 4 nitrogen and oxygen atoms in total. The number of nitrogens with zero attached hydrogens (tertiary/aromatic N) is 2. The fourth-order valence-electron chi connectivity index (χ4n) is 0.989. The summed E-state index contributed by atoms with van der Waals surface area (Å²) in [5.74, 6) is 1.24. The van der Waals surface area contributed by atoms with E-state index in [9.17, 15) is 0 Å². The maximum absolute atomic E-state index is 5.36. The van der Waals surface area contributed by atoms with Crippen LogP contribution in [0.4, 0.5) is 0 Å². The lowest BCUT2D eigenvalue weighted by atomic mass is 10.3. The predicted octanol–water partition coefficient (Wildman–Crippen LogP) is 1.72. The van der Waals surface area contributed by atoms with Gasteiger partial charge in [-0.25, -0.2) is 0 Å². The number of halogens is 1. The average Bonchev–Trinajstić information content (AvgIpc) is 2.70. The zero-order chi connectivity index (χ0) is 9.10. The van der Waals surface area contributed by atoms with Crippen LogP contribution in [-0.4, -0.2) is 16.7 Å². The van der Waals surface area contributed by atoms with E-state index in [1.54, 1.807) is 11.3 Å². The van der Waals surface area contributed by atoms with Gasteiger partial charge in [0.05, 0.1) is 0 Å². The van der Waals surface area contributed by atoms with Crippen LogP contribution in [0.1, 0.15) is 5.89 Å². The molecule has 0 fully saturated rings. The first-order chi connectivity index (χ1) is 6.40. The summed E-state index contributed by atoms with van der Waals surface area (Å²) in [6.45, 7) is 0.533. The monoisotopic (exact) mass is 231 g/mol. The predicted molar refractivity (Wildman–Crippen MR) is 57.6 cm³/mol. The van der Waals surface area contributed by atoms with Gasteiger partial charge in [-0.1, -0.05) is 5.16 Å². The van der Waals surface area contributed by atoms with Crippen LogP contribution in [0.5, 0.6) is 0 Å². The van der Waals surface area contributed by atoms with E-state index < -0.39 is 0 Å². The van der Waals surface area contributed by atoms with Gasteiger partial charge in [0.25, 0.3) is 0 Å². The van der Waals surface area contributed by atoms with Crippen LogP contribution in [0, 0.1) is 0 Å². The highest BCUT2D eigenvalue weighted by Crippen LogP contribution is 2.18. The van der Waals surface area contributed by atoms with Gasteiger partial charge >= 0.3 is 0 Å². The molecule has 2 N–H and O–H groups in total. The highest BCUT2D eigenvalue weighted by Gasteiger charge is 2.07. The first-order valence-electron chi connectivity index (χ1n) is 3.95. The molecule has 2 rings (SSSR count). The summed E-state index contributed by atoms with van der Waals surface area (Å²) in [6.07, 6.45) is 0.636. The van der Waals surface area contributed by atoms with Crippen molar-refractivity contribution < 1.29 is 4.52 Å². The molecule has 0 saturated carbocycles.